The molecule has 0 bridgehead atoms. The molecule has 2 aromatic carbocycles. The molecule has 7 rings (SSSR count). The van der Waals surface area contributed by atoms with Crippen molar-refractivity contribution in [3.8, 4) is 17.3 Å². The summed E-state index contributed by atoms with van der Waals surface area (Å²) >= 11 is 0. The molecule has 5 aromatic rings. The number of nitrogens with zero attached hydrogens (tertiary/aromatic N) is 6. The van der Waals surface area contributed by atoms with E-state index in [1.165, 1.54) is 24.3 Å². The normalized spacial score (nSPS) is 19.4. The number of carbonyl (C=O) groups is 1. The first kappa shape index (κ1) is 26.9. The summed E-state index contributed by atoms with van der Waals surface area (Å²) in [6.45, 7) is 1.78. The summed E-state index contributed by atoms with van der Waals surface area (Å²) in [7, 11) is 0. The van der Waals surface area contributed by atoms with Gasteiger partial charge < -0.3 is 19.7 Å². The van der Waals surface area contributed by atoms with Gasteiger partial charge in [-0.2, -0.15) is 0 Å². The number of phenols is 1. The van der Waals surface area contributed by atoms with Crippen LogP contribution >= 0.6 is 0 Å². The molecule has 1 atom stereocenters. The van der Waals surface area contributed by atoms with E-state index in [4.69, 9.17) is 15.0 Å². The van der Waals surface area contributed by atoms with Gasteiger partial charge in [-0.05, 0) is 42.3 Å². The summed E-state index contributed by atoms with van der Waals surface area (Å²) in [4.78, 5) is 34.3. The van der Waals surface area contributed by atoms with Gasteiger partial charge in [-0.25, -0.2) is 33.1 Å². The first-order valence-corrected chi connectivity index (χ1v) is 13.8. The van der Waals surface area contributed by atoms with Crippen LogP contribution < -0.4 is 10.2 Å². The summed E-state index contributed by atoms with van der Waals surface area (Å²) in [5.74, 6) is -2.72. The smallest absolute Gasteiger partial charge is 0.251 e. The number of alkyl halides is 2. The molecule has 2 aliphatic rings. The van der Waals surface area contributed by atoms with E-state index in [0.717, 1.165) is 5.56 Å². The SMILES string of the molecule is CC1(c2cccc(O)c2)C(=O)Nc2nc(-c3cn4ccnc4c(Cc4ccc(F)cc4)n3)nc(N3CCC(F)(F)CC3)c21. The van der Waals surface area contributed by atoms with Crippen molar-refractivity contribution in [2.24, 2.45) is 0 Å². The molecule has 1 fully saturated rings. The van der Waals surface area contributed by atoms with Gasteiger partial charge in [0.05, 0.1) is 11.3 Å². The molecular formula is C31H26F3N7O2. The van der Waals surface area contributed by atoms with Crippen molar-refractivity contribution in [1.82, 2.24) is 24.3 Å². The fourth-order valence-electron chi connectivity index (χ4n) is 5.85. The lowest BCUT2D eigenvalue weighted by Gasteiger charge is -2.35. The lowest BCUT2D eigenvalue weighted by Crippen LogP contribution is -2.41. The Bertz CT molecular complexity index is 1880. The van der Waals surface area contributed by atoms with Crippen LogP contribution in [-0.4, -0.2) is 54.4 Å². The van der Waals surface area contributed by atoms with Crippen LogP contribution in [0.5, 0.6) is 5.75 Å². The molecule has 9 nitrogen and oxygen atoms in total. The summed E-state index contributed by atoms with van der Waals surface area (Å²) in [6, 6.07) is 12.5. The van der Waals surface area contributed by atoms with Crippen molar-refractivity contribution in [2.75, 3.05) is 23.3 Å². The summed E-state index contributed by atoms with van der Waals surface area (Å²) in [6.07, 6.45) is 4.77. The van der Waals surface area contributed by atoms with E-state index in [1.807, 2.05) is 0 Å². The van der Waals surface area contributed by atoms with Gasteiger partial charge in [-0.1, -0.05) is 24.3 Å². The number of imidazole rings is 1. The Morgan fingerprint density at radius 2 is 1.81 bits per heavy atom. The highest BCUT2D eigenvalue weighted by Crippen LogP contribution is 2.48. The third-order valence-corrected chi connectivity index (χ3v) is 8.25. The first-order valence-electron chi connectivity index (χ1n) is 13.8. The summed E-state index contributed by atoms with van der Waals surface area (Å²) < 4.78 is 43.7. The summed E-state index contributed by atoms with van der Waals surface area (Å²) in [5, 5.41) is 13.1. The average Bonchev–Trinajstić information content (AvgIpc) is 3.56. The molecule has 2 N–H and O–H groups in total. The molecular weight excluding hydrogens is 559 g/mol. The second kappa shape index (κ2) is 9.79. The highest BCUT2D eigenvalue weighted by Gasteiger charge is 2.49. The summed E-state index contributed by atoms with van der Waals surface area (Å²) in [5.41, 5.74) is 2.10. The van der Waals surface area contributed by atoms with Crippen LogP contribution in [0.1, 0.15) is 42.1 Å². The Hall–Kier alpha value is -5.00. The van der Waals surface area contributed by atoms with Crippen LogP contribution in [0.3, 0.4) is 0 Å². The Balaban J connectivity index is 1.39. The molecule has 0 spiro atoms. The number of phenolic OH excluding ortho intramolecular Hbond substituents is 1. The molecule has 0 radical (unpaired) electrons. The Labute approximate surface area is 244 Å². The molecule has 1 unspecified atom stereocenters. The second-order valence-corrected chi connectivity index (χ2v) is 11.1. The van der Waals surface area contributed by atoms with Crippen LogP contribution in [0, 0.1) is 5.82 Å². The minimum absolute atomic E-state index is 0.0109. The van der Waals surface area contributed by atoms with Gasteiger partial charge in [-0.15, -0.1) is 0 Å². The zero-order chi connectivity index (χ0) is 29.9. The third-order valence-electron chi connectivity index (χ3n) is 8.25. The maximum Gasteiger partial charge on any atom is 0.251 e. The molecule has 218 valence electrons. The number of hydrogen-bond donors (Lipinski definition) is 2. The number of aromatic hydroxyl groups is 1. The number of amides is 1. The fourth-order valence-corrected chi connectivity index (χ4v) is 5.85. The third kappa shape index (κ3) is 4.62. The molecule has 0 aliphatic carbocycles. The van der Waals surface area contributed by atoms with Crippen molar-refractivity contribution >= 4 is 23.2 Å². The number of rotatable bonds is 5. The second-order valence-electron chi connectivity index (χ2n) is 11.1. The molecule has 12 heteroatoms. The highest BCUT2D eigenvalue weighted by molar-refractivity contribution is 6.09. The van der Waals surface area contributed by atoms with Crippen molar-refractivity contribution in [3.63, 3.8) is 0 Å². The van der Waals surface area contributed by atoms with Gasteiger partial charge in [0.1, 0.15) is 34.3 Å². The molecule has 43 heavy (non-hydrogen) atoms. The van der Waals surface area contributed by atoms with Crippen LogP contribution in [0.2, 0.25) is 0 Å². The highest BCUT2D eigenvalue weighted by atomic mass is 19.3. The number of aromatic nitrogens is 5. The topological polar surface area (TPSA) is 109 Å². The van der Waals surface area contributed by atoms with E-state index < -0.39 is 11.3 Å². The minimum Gasteiger partial charge on any atom is -0.508 e. The molecule has 5 heterocycles. The van der Waals surface area contributed by atoms with Gasteiger partial charge in [0.25, 0.3) is 5.92 Å². The van der Waals surface area contributed by atoms with Crippen molar-refractivity contribution in [2.45, 2.75) is 37.5 Å². The molecule has 2 aliphatic heterocycles. The van der Waals surface area contributed by atoms with E-state index in [2.05, 4.69) is 10.3 Å². The molecule has 3 aromatic heterocycles. The lowest BCUT2D eigenvalue weighted by molar-refractivity contribution is -0.119. The number of hydrogen-bond acceptors (Lipinski definition) is 7. The van der Waals surface area contributed by atoms with Crippen LogP contribution in [-0.2, 0) is 16.6 Å². The van der Waals surface area contributed by atoms with E-state index in [9.17, 15) is 23.1 Å². The lowest BCUT2D eigenvalue weighted by atomic mass is 9.77. The van der Waals surface area contributed by atoms with Gasteiger partial charge in [0.2, 0.25) is 5.91 Å². The van der Waals surface area contributed by atoms with Gasteiger partial charge in [0.15, 0.2) is 11.5 Å². The number of halogens is 3. The van der Waals surface area contributed by atoms with Crippen LogP contribution in [0.25, 0.3) is 17.2 Å². The van der Waals surface area contributed by atoms with E-state index >= 15 is 0 Å². The first-order chi connectivity index (χ1) is 20.6. The number of piperidine rings is 1. The Kier molecular flexibility index (Phi) is 6.12. The predicted molar refractivity (Wildman–Crippen MR) is 153 cm³/mol. The Morgan fingerprint density at radius 1 is 1.05 bits per heavy atom. The number of anilines is 2. The van der Waals surface area contributed by atoms with Crippen molar-refractivity contribution in [3.05, 3.63) is 95.3 Å². The van der Waals surface area contributed by atoms with Crippen LogP contribution in [0.4, 0.5) is 24.8 Å². The molecule has 0 saturated carbocycles. The quantitative estimate of drug-likeness (QED) is 0.295. The largest absolute Gasteiger partial charge is 0.508 e. The Morgan fingerprint density at radius 3 is 2.56 bits per heavy atom. The zero-order valence-corrected chi connectivity index (χ0v) is 23.1. The standard InChI is InChI=1S/C31H26F3N7O2/c1-30(19-3-2-4-21(42)16-19)24-26(39-29(30)43)37-25(38-28(24)40-12-9-31(33,34)10-13-40)23-17-41-14-11-35-27(41)22(36-23)15-18-5-7-20(32)8-6-18/h2-8,11,14,16-17,42H,9-10,12-13,15H2,1H3,(H,37,38,39,43). The van der Waals surface area contributed by atoms with E-state index in [-0.39, 0.29) is 55.0 Å². The molecule has 1 saturated heterocycles. The van der Waals surface area contributed by atoms with Gasteiger partial charge >= 0.3 is 0 Å². The maximum absolute atomic E-state index is 14.2. The number of benzene rings is 2. The van der Waals surface area contributed by atoms with Crippen LogP contribution in [0.15, 0.2) is 67.1 Å². The van der Waals surface area contributed by atoms with E-state index in [0.29, 0.717) is 40.4 Å². The predicted octanol–water partition coefficient (Wildman–Crippen LogP) is 5.12. The zero-order valence-electron chi connectivity index (χ0n) is 23.1. The number of nitrogens with one attached hydrogen (secondary N) is 1. The maximum atomic E-state index is 14.2. The van der Waals surface area contributed by atoms with Crippen molar-refractivity contribution < 1.29 is 23.1 Å². The number of carbonyl (C=O) groups excluding carboxylic acids is 1. The molecule has 1 amide bonds. The fraction of sp³-hybridized carbons (Fsp3) is 0.258. The van der Waals surface area contributed by atoms with Gasteiger partial charge in [-0.3, -0.25) is 4.79 Å². The van der Waals surface area contributed by atoms with Gasteiger partial charge in [0, 0.05) is 50.9 Å². The van der Waals surface area contributed by atoms with E-state index in [1.54, 1.807) is 59.1 Å². The average molecular weight is 586 g/mol. The van der Waals surface area contributed by atoms with Crippen molar-refractivity contribution in [1.29, 1.82) is 0 Å². The minimum atomic E-state index is -2.79. The number of fused-ring (bicyclic) bond motifs is 2. The monoisotopic (exact) mass is 585 g/mol.